The summed E-state index contributed by atoms with van der Waals surface area (Å²) in [5.74, 6) is 0. The van der Waals surface area contributed by atoms with Crippen molar-refractivity contribution in [2.45, 2.75) is 47.8 Å². The van der Waals surface area contributed by atoms with Gasteiger partial charge in [0, 0.05) is 24.7 Å². The van der Waals surface area contributed by atoms with Gasteiger partial charge in [-0.3, -0.25) is 0 Å². The van der Waals surface area contributed by atoms with E-state index in [9.17, 15) is 26.3 Å². The number of alkyl halides is 6. The van der Waals surface area contributed by atoms with Gasteiger partial charge < -0.3 is 4.90 Å². The molecule has 0 bridgehead atoms. The summed E-state index contributed by atoms with van der Waals surface area (Å²) >= 11 is 7.37. The van der Waals surface area contributed by atoms with Gasteiger partial charge in [-0.15, -0.1) is 12.6 Å². The predicted molar refractivity (Wildman–Crippen MR) is 229 cm³/mol. The first-order valence-corrected chi connectivity index (χ1v) is 21.5. The third-order valence-electron chi connectivity index (χ3n) is 9.85. The molecular weight excluding hydrogens is 966 g/mol. The molecule has 0 unspecified atom stereocenters. The summed E-state index contributed by atoms with van der Waals surface area (Å²) in [6.07, 6.45) is 4.05. The molecule has 0 saturated carbocycles. The Morgan fingerprint density at radius 1 is 0.789 bits per heavy atom. The van der Waals surface area contributed by atoms with Crippen LogP contribution in [-0.2, 0) is 18.8 Å². The first kappa shape index (κ1) is 42.7. The SMILES string of the molecule is CN(C)c1ccc(C(=C\Cc2ccccc2)/C=C/C2=C(c3cc(C(F)(F)F)cc(C(F)(F)F)c3)C(=C/C=C3\C=[C]([Pb])Sc4cc(N(C)C)ccc43)/CCC2)c(S)c1. The average molecular weight is 1010 g/mol. The summed E-state index contributed by atoms with van der Waals surface area (Å²) < 4.78 is 86.9. The maximum absolute atomic E-state index is 14.3. The van der Waals surface area contributed by atoms with Crippen LogP contribution in [0.25, 0.3) is 16.7 Å². The maximum atomic E-state index is 14.3. The summed E-state index contributed by atoms with van der Waals surface area (Å²) in [4.78, 5) is 5.85. The van der Waals surface area contributed by atoms with Crippen LogP contribution in [0.4, 0.5) is 37.7 Å². The minimum absolute atomic E-state index is 0.115. The normalized spacial score (nSPS) is 16.7. The number of benzene rings is 4. The van der Waals surface area contributed by atoms with Crippen LogP contribution in [-0.4, -0.2) is 54.0 Å². The summed E-state index contributed by atoms with van der Waals surface area (Å²) in [5, 5.41) is 0. The molecule has 1 aliphatic carbocycles. The summed E-state index contributed by atoms with van der Waals surface area (Å²) in [6.45, 7) is 0. The molecule has 1 heterocycles. The Bertz CT molecular complexity index is 2300. The van der Waals surface area contributed by atoms with Crippen molar-refractivity contribution in [3.8, 4) is 0 Å². The summed E-state index contributed by atoms with van der Waals surface area (Å²) in [6, 6.07) is 24.0. The van der Waals surface area contributed by atoms with Gasteiger partial charge in [-0.25, -0.2) is 0 Å². The second-order valence-corrected chi connectivity index (χ2v) is 19.4. The molecule has 0 saturated heterocycles. The van der Waals surface area contributed by atoms with E-state index >= 15 is 0 Å². The van der Waals surface area contributed by atoms with Gasteiger partial charge in [0.2, 0.25) is 0 Å². The Kier molecular flexibility index (Phi) is 13.5. The Morgan fingerprint density at radius 3 is 2.07 bits per heavy atom. The van der Waals surface area contributed by atoms with Crippen molar-refractivity contribution >= 4 is 78.3 Å². The van der Waals surface area contributed by atoms with E-state index in [1.165, 1.54) is 2.46 Å². The van der Waals surface area contributed by atoms with Crippen molar-refractivity contribution < 1.29 is 26.3 Å². The number of rotatable bonds is 9. The fourth-order valence-corrected chi connectivity index (χ4v) is 10.00. The molecule has 6 rings (SSSR count). The smallest absolute Gasteiger partial charge is 0.0139 e. The van der Waals surface area contributed by atoms with Gasteiger partial charge >= 0.3 is 256 Å². The minimum atomic E-state index is -4.98. The topological polar surface area (TPSA) is 6.48 Å². The van der Waals surface area contributed by atoms with Crippen molar-refractivity contribution in [3.05, 3.63) is 168 Å². The molecule has 0 amide bonds. The monoisotopic (exact) mass is 1010 g/mol. The van der Waals surface area contributed by atoms with Crippen molar-refractivity contribution in [2.75, 3.05) is 38.0 Å². The largest absolute Gasteiger partial charge is 0.143 e. The van der Waals surface area contributed by atoms with Crippen LogP contribution >= 0.6 is 24.4 Å². The van der Waals surface area contributed by atoms with Crippen LogP contribution in [0.3, 0.4) is 0 Å². The summed E-state index contributed by atoms with van der Waals surface area (Å²) in [7, 11) is 7.84. The molecule has 0 aromatic heterocycles. The van der Waals surface area contributed by atoms with Crippen LogP contribution in [0.5, 0.6) is 0 Å². The second-order valence-electron chi connectivity index (χ2n) is 14.3. The number of allylic oxidation sites excluding steroid dienone is 11. The molecule has 0 N–H and O–H groups in total. The molecule has 293 valence electrons. The number of fused-ring (bicyclic) bond motifs is 1. The van der Waals surface area contributed by atoms with E-state index in [1.54, 1.807) is 11.8 Å². The van der Waals surface area contributed by atoms with E-state index in [2.05, 4.69) is 24.3 Å². The first-order valence-electron chi connectivity index (χ1n) is 18.3. The molecule has 0 fully saturated rings. The minimum Gasteiger partial charge on any atom is -0.143 e. The number of hydrogen-bond acceptors (Lipinski definition) is 4. The van der Waals surface area contributed by atoms with Crippen LogP contribution in [0.2, 0.25) is 0 Å². The Balaban J connectivity index is 1.55. The van der Waals surface area contributed by atoms with Gasteiger partial charge in [0.1, 0.15) is 0 Å². The molecule has 57 heavy (non-hydrogen) atoms. The van der Waals surface area contributed by atoms with E-state index in [1.807, 2.05) is 117 Å². The van der Waals surface area contributed by atoms with E-state index in [0.29, 0.717) is 42.4 Å². The zero-order chi connectivity index (χ0) is 41.1. The Labute approximate surface area is 356 Å². The fraction of sp³-hybridized carbons (Fsp3) is 0.217. The molecule has 1 aliphatic heterocycles. The molecule has 0 spiro atoms. The third kappa shape index (κ3) is 10.6. The van der Waals surface area contributed by atoms with Crippen LogP contribution in [0, 0.1) is 0 Å². The van der Waals surface area contributed by atoms with Crippen LogP contribution in [0.1, 0.15) is 52.6 Å². The van der Waals surface area contributed by atoms with E-state index in [4.69, 9.17) is 12.6 Å². The van der Waals surface area contributed by atoms with Gasteiger partial charge in [0.05, 0.1) is 0 Å². The van der Waals surface area contributed by atoms with Gasteiger partial charge in [-0.2, -0.15) is 0 Å². The van der Waals surface area contributed by atoms with E-state index in [-0.39, 0.29) is 11.6 Å². The molecule has 4 aromatic carbocycles. The molecular formula is C46H41F6N2PbS2. The van der Waals surface area contributed by atoms with Crippen LogP contribution in [0.15, 0.2) is 145 Å². The molecule has 4 aromatic rings. The van der Waals surface area contributed by atoms with Gasteiger partial charge in [0.15, 0.2) is 0 Å². The first-order chi connectivity index (χ1) is 27.0. The van der Waals surface area contributed by atoms with Gasteiger partial charge in [0.25, 0.3) is 0 Å². The van der Waals surface area contributed by atoms with E-state index < -0.39 is 23.5 Å². The quantitative estimate of drug-likeness (QED) is 0.0773. The predicted octanol–water partition coefficient (Wildman–Crippen LogP) is 13.1. The molecule has 2 nitrogen and oxygen atoms in total. The zero-order valence-corrected chi connectivity index (χ0v) is 37.5. The molecule has 3 radical (unpaired) electrons. The van der Waals surface area contributed by atoms with Gasteiger partial charge in [-0.05, 0) is 24.1 Å². The fourth-order valence-electron chi connectivity index (χ4n) is 6.88. The van der Waals surface area contributed by atoms with Crippen LogP contribution < -0.4 is 9.80 Å². The number of halogens is 6. The third-order valence-corrected chi connectivity index (χ3v) is 12.9. The number of thioether (sulfide) groups is 1. The second kappa shape index (κ2) is 17.9. The summed E-state index contributed by atoms with van der Waals surface area (Å²) in [5.41, 5.74) is 5.68. The zero-order valence-electron chi connectivity index (χ0n) is 31.9. The van der Waals surface area contributed by atoms with Crippen molar-refractivity contribution in [3.63, 3.8) is 0 Å². The molecule has 2 aliphatic rings. The van der Waals surface area contributed by atoms with Crippen molar-refractivity contribution in [1.82, 2.24) is 0 Å². The molecule has 0 atom stereocenters. The van der Waals surface area contributed by atoms with Crippen molar-refractivity contribution in [1.29, 1.82) is 0 Å². The maximum Gasteiger partial charge on any atom is 0.0139 e. The Morgan fingerprint density at radius 2 is 1.44 bits per heavy atom. The Hall–Kier alpha value is -3.88. The average Bonchev–Trinajstić information content (AvgIpc) is 3.16. The molecule has 11 heteroatoms. The van der Waals surface area contributed by atoms with E-state index in [0.717, 1.165) is 86.9 Å². The number of anilines is 2. The van der Waals surface area contributed by atoms with Gasteiger partial charge in [-0.1, -0.05) is 36.4 Å². The number of nitrogens with zero attached hydrogens (tertiary/aromatic N) is 2. The number of hydrogen-bond donors (Lipinski definition) is 1. The number of thiol groups is 1. The van der Waals surface area contributed by atoms with Crippen molar-refractivity contribution in [2.24, 2.45) is 0 Å². The standard InChI is InChI=1S/C46H41F6N2S2.Pb/c1-53(2)38-19-21-40(42(55)28-38)31(14-13-30-9-6-5-7-10-30)15-17-33-11-8-12-34(18-16-32-23-24-56-43-29-39(54(3)4)20-22-41(32)43)44(33)35-25-36(45(47,48)49)27-37(26-35)46(50,51)52;/h5-7,9-10,14-23,25-29,55H,8,11-13H2,1-4H3;/b17-15+,31-14-,32-16+,34-18+;.